The molecule has 1 heterocycles. The van der Waals surface area contributed by atoms with Gasteiger partial charge in [-0.3, -0.25) is 4.79 Å². The minimum absolute atomic E-state index is 0.0684. The van der Waals surface area contributed by atoms with Crippen LogP contribution < -0.4 is 0 Å². The molecule has 2 atom stereocenters. The van der Waals surface area contributed by atoms with E-state index < -0.39 is 23.7 Å². The second kappa shape index (κ2) is 5.17. The smallest absolute Gasteiger partial charge is 0.326 e. The molecule has 19 heavy (non-hydrogen) atoms. The van der Waals surface area contributed by atoms with Crippen LogP contribution in [0.25, 0.3) is 0 Å². The number of benzene rings is 1. The Labute approximate surface area is 114 Å². The fourth-order valence-electron chi connectivity index (χ4n) is 2.35. The molecule has 102 valence electrons. The average Bonchev–Trinajstić information content (AvgIpc) is 2.74. The summed E-state index contributed by atoms with van der Waals surface area (Å²) in [7, 11) is 0. The molecule has 1 amide bonds. The van der Waals surface area contributed by atoms with Gasteiger partial charge in [0.05, 0.1) is 5.02 Å². The van der Waals surface area contributed by atoms with E-state index in [1.54, 1.807) is 6.92 Å². The predicted octanol–water partition coefficient (Wildman–Crippen LogP) is 2.41. The van der Waals surface area contributed by atoms with Gasteiger partial charge in [0, 0.05) is 12.1 Å². The van der Waals surface area contributed by atoms with Crippen LogP contribution in [0.3, 0.4) is 0 Å². The largest absolute Gasteiger partial charge is 0.480 e. The van der Waals surface area contributed by atoms with Gasteiger partial charge in [0.15, 0.2) is 0 Å². The molecule has 4 nitrogen and oxygen atoms in total. The Balaban J connectivity index is 2.28. The topological polar surface area (TPSA) is 57.6 Å². The Hall–Kier alpha value is -1.62. The molecule has 0 radical (unpaired) electrons. The Morgan fingerprint density at radius 2 is 2.16 bits per heavy atom. The van der Waals surface area contributed by atoms with E-state index in [1.165, 1.54) is 17.0 Å². The first-order chi connectivity index (χ1) is 8.91. The maximum Gasteiger partial charge on any atom is 0.326 e. The number of carboxylic acid groups (broad SMARTS) is 1. The lowest BCUT2D eigenvalue weighted by molar-refractivity contribution is -0.142. The van der Waals surface area contributed by atoms with Crippen molar-refractivity contribution in [1.82, 2.24) is 4.90 Å². The Morgan fingerprint density at radius 1 is 1.47 bits per heavy atom. The SMILES string of the molecule is CC1CCN(C(=O)c2ccc(Cl)c(F)c2)C1C(=O)O. The zero-order valence-corrected chi connectivity index (χ0v) is 11.0. The molecule has 2 rings (SSSR count). The molecule has 0 bridgehead atoms. The van der Waals surface area contributed by atoms with E-state index >= 15 is 0 Å². The van der Waals surface area contributed by atoms with Crippen molar-refractivity contribution in [3.63, 3.8) is 0 Å². The third kappa shape index (κ3) is 2.56. The van der Waals surface area contributed by atoms with Crippen LogP contribution in [0.15, 0.2) is 18.2 Å². The van der Waals surface area contributed by atoms with Crippen molar-refractivity contribution in [2.24, 2.45) is 5.92 Å². The lowest BCUT2D eigenvalue weighted by Gasteiger charge is -2.23. The fraction of sp³-hybridized carbons (Fsp3) is 0.385. The standard InChI is InChI=1S/C13H13ClFNO3/c1-7-4-5-16(11(7)13(18)19)12(17)8-2-3-9(14)10(15)6-8/h2-3,6-7,11H,4-5H2,1H3,(H,18,19). The maximum absolute atomic E-state index is 13.3. The Bertz CT molecular complexity index is 535. The normalized spacial score (nSPS) is 22.6. The Morgan fingerprint density at radius 3 is 2.74 bits per heavy atom. The van der Waals surface area contributed by atoms with Crippen molar-refractivity contribution in [1.29, 1.82) is 0 Å². The summed E-state index contributed by atoms with van der Waals surface area (Å²) in [5, 5.41) is 9.09. The summed E-state index contributed by atoms with van der Waals surface area (Å²) >= 11 is 5.55. The second-order valence-electron chi connectivity index (χ2n) is 4.68. The molecule has 6 heteroatoms. The number of halogens is 2. The molecule has 0 aliphatic carbocycles. The molecule has 0 saturated carbocycles. The molecular weight excluding hydrogens is 273 g/mol. The number of carbonyl (C=O) groups is 2. The van der Waals surface area contributed by atoms with E-state index in [1.807, 2.05) is 0 Å². The fourth-order valence-corrected chi connectivity index (χ4v) is 2.46. The number of nitrogens with zero attached hydrogens (tertiary/aromatic N) is 1. The van der Waals surface area contributed by atoms with Gasteiger partial charge in [0.25, 0.3) is 5.91 Å². The van der Waals surface area contributed by atoms with Crippen molar-refractivity contribution in [2.45, 2.75) is 19.4 Å². The lowest BCUT2D eigenvalue weighted by atomic mass is 10.0. The van der Waals surface area contributed by atoms with E-state index in [4.69, 9.17) is 16.7 Å². The molecule has 1 aromatic rings. The van der Waals surface area contributed by atoms with Gasteiger partial charge in [0.1, 0.15) is 11.9 Å². The molecular formula is C13H13ClFNO3. The first-order valence-electron chi connectivity index (χ1n) is 5.90. The quantitative estimate of drug-likeness (QED) is 0.908. The third-order valence-electron chi connectivity index (χ3n) is 3.38. The minimum atomic E-state index is -1.03. The number of rotatable bonds is 2. The average molecular weight is 286 g/mol. The van der Waals surface area contributed by atoms with Crippen molar-refractivity contribution >= 4 is 23.5 Å². The highest BCUT2D eigenvalue weighted by Gasteiger charge is 2.39. The van der Waals surface area contributed by atoms with Gasteiger partial charge in [-0.2, -0.15) is 0 Å². The van der Waals surface area contributed by atoms with Crippen molar-refractivity contribution in [3.05, 3.63) is 34.6 Å². The summed E-state index contributed by atoms with van der Waals surface area (Å²) in [6, 6.07) is 2.87. The maximum atomic E-state index is 13.3. The molecule has 1 aliphatic rings. The van der Waals surface area contributed by atoms with Gasteiger partial charge in [-0.15, -0.1) is 0 Å². The second-order valence-corrected chi connectivity index (χ2v) is 5.08. The van der Waals surface area contributed by atoms with Crippen LogP contribution in [0.4, 0.5) is 4.39 Å². The highest BCUT2D eigenvalue weighted by Crippen LogP contribution is 2.26. The van der Waals surface area contributed by atoms with E-state index in [9.17, 15) is 14.0 Å². The van der Waals surface area contributed by atoms with Crippen molar-refractivity contribution < 1.29 is 19.1 Å². The number of carboxylic acids is 1. The zero-order valence-electron chi connectivity index (χ0n) is 10.3. The summed E-state index contributed by atoms with van der Waals surface area (Å²) in [6.45, 7) is 2.15. The minimum Gasteiger partial charge on any atom is -0.480 e. The monoisotopic (exact) mass is 285 g/mol. The number of carbonyl (C=O) groups excluding carboxylic acids is 1. The summed E-state index contributed by atoms with van der Waals surface area (Å²) < 4.78 is 13.3. The van der Waals surface area contributed by atoms with Crippen LogP contribution in [0.1, 0.15) is 23.7 Å². The first-order valence-corrected chi connectivity index (χ1v) is 6.28. The van der Waals surface area contributed by atoms with E-state index in [0.717, 1.165) is 6.07 Å². The number of hydrogen-bond donors (Lipinski definition) is 1. The van der Waals surface area contributed by atoms with E-state index in [-0.39, 0.29) is 16.5 Å². The summed E-state index contributed by atoms with van der Waals surface area (Å²) in [5.41, 5.74) is 0.113. The van der Waals surface area contributed by atoms with E-state index in [2.05, 4.69) is 0 Å². The van der Waals surface area contributed by atoms with Crippen LogP contribution in [0.2, 0.25) is 5.02 Å². The third-order valence-corrected chi connectivity index (χ3v) is 3.69. The van der Waals surface area contributed by atoms with Crippen LogP contribution in [0.5, 0.6) is 0 Å². The molecule has 1 aliphatic heterocycles. The summed E-state index contributed by atoms with van der Waals surface area (Å²) in [4.78, 5) is 24.7. The highest BCUT2D eigenvalue weighted by molar-refractivity contribution is 6.30. The number of likely N-dealkylation sites (tertiary alicyclic amines) is 1. The number of hydrogen-bond acceptors (Lipinski definition) is 2. The zero-order chi connectivity index (χ0) is 14.2. The number of aliphatic carboxylic acids is 1. The van der Waals surface area contributed by atoms with Gasteiger partial charge in [-0.25, -0.2) is 9.18 Å². The van der Waals surface area contributed by atoms with Crippen LogP contribution in [0, 0.1) is 11.7 Å². The Kier molecular flexibility index (Phi) is 3.75. The molecule has 1 saturated heterocycles. The molecule has 1 N–H and O–H groups in total. The number of amides is 1. The van der Waals surface area contributed by atoms with Gasteiger partial charge >= 0.3 is 5.97 Å². The van der Waals surface area contributed by atoms with Gasteiger partial charge in [-0.05, 0) is 30.5 Å². The summed E-state index contributed by atoms with van der Waals surface area (Å²) in [5.74, 6) is -2.31. The molecule has 2 unspecified atom stereocenters. The van der Waals surface area contributed by atoms with Crippen LogP contribution in [-0.2, 0) is 4.79 Å². The van der Waals surface area contributed by atoms with Crippen molar-refractivity contribution in [3.8, 4) is 0 Å². The first kappa shape index (κ1) is 13.8. The molecule has 1 aromatic carbocycles. The van der Waals surface area contributed by atoms with Crippen LogP contribution >= 0.6 is 11.6 Å². The lowest BCUT2D eigenvalue weighted by Crippen LogP contribution is -2.42. The molecule has 1 fully saturated rings. The van der Waals surface area contributed by atoms with Crippen LogP contribution in [-0.4, -0.2) is 34.5 Å². The van der Waals surface area contributed by atoms with Gasteiger partial charge in [0.2, 0.25) is 0 Å². The summed E-state index contributed by atoms with van der Waals surface area (Å²) in [6.07, 6.45) is 0.624. The van der Waals surface area contributed by atoms with E-state index in [0.29, 0.717) is 13.0 Å². The predicted molar refractivity (Wildman–Crippen MR) is 67.7 cm³/mol. The van der Waals surface area contributed by atoms with Gasteiger partial charge < -0.3 is 10.0 Å². The molecule has 0 spiro atoms. The molecule has 0 aromatic heterocycles. The van der Waals surface area contributed by atoms with Gasteiger partial charge in [-0.1, -0.05) is 18.5 Å². The highest BCUT2D eigenvalue weighted by atomic mass is 35.5. The van der Waals surface area contributed by atoms with Crippen molar-refractivity contribution in [2.75, 3.05) is 6.54 Å².